The zero-order valence-electron chi connectivity index (χ0n) is 12.9. The maximum atomic E-state index is 11.6. The summed E-state index contributed by atoms with van der Waals surface area (Å²) in [5.74, 6) is 0.498. The summed E-state index contributed by atoms with van der Waals surface area (Å²) < 4.78 is 10.5. The lowest BCUT2D eigenvalue weighted by Gasteiger charge is -2.09. The third-order valence-electron chi connectivity index (χ3n) is 3.10. The molecule has 4 heteroatoms. The first-order chi connectivity index (χ1) is 10.6. The molecule has 0 aliphatic carbocycles. The number of rotatable bonds is 6. The minimum atomic E-state index is -0.297. The molecule has 0 fully saturated rings. The highest BCUT2D eigenvalue weighted by Gasteiger charge is 2.06. The molecular weight excluding hydrogens is 278 g/mol. The molecule has 0 aromatic heterocycles. The van der Waals surface area contributed by atoms with Crippen molar-refractivity contribution in [2.75, 3.05) is 13.2 Å². The summed E-state index contributed by atoms with van der Waals surface area (Å²) in [6, 6.07) is 15.2. The van der Waals surface area contributed by atoms with Gasteiger partial charge < -0.3 is 15.2 Å². The molecule has 4 nitrogen and oxygen atoms in total. The Bertz CT molecular complexity index is 603. The molecule has 2 aromatic rings. The molecule has 1 unspecified atom stereocenters. The van der Waals surface area contributed by atoms with Gasteiger partial charge in [-0.1, -0.05) is 24.3 Å². The topological polar surface area (TPSA) is 61.5 Å². The van der Waals surface area contributed by atoms with Crippen LogP contribution in [0.25, 0.3) is 11.1 Å². The Balaban J connectivity index is 2.06. The van der Waals surface area contributed by atoms with E-state index in [9.17, 15) is 4.79 Å². The molecule has 2 rings (SSSR count). The van der Waals surface area contributed by atoms with Gasteiger partial charge in [-0.05, 0) is 49.2 Å². The Kier molecular flexibility index (Phi) is 5.55. The lowest BCUT2D eigenvalue weighted by atomic mass is 10.0. The van der Waals surface area contributed by atoms with Gasteiger partial charge in [0.25, 0.3) is 0 Å². The molecule has 0 spiro atoms. The number of hydrogen-bond acceptors (Lipinski definition) is 4. The van der Waals surface area contributed by atoms with E-state index in [1.807, 2.05) is 43.3 Å². The molecule has 0 saturated carbocycles. The van der Waals surface area contributed by atoms with Gasteiger partial charge >= 0.3 is 5.97 Å². The van der Waals surface area contributed by atoms with E-state index in [2.05, 4.69) is 0 Å². The zero-order valence-corrected chi connectivity index (χ0v) is 12.9. The maximum Gasteiger partial charge on any atom is 0.338 e. The standard InChI is InChI=1S/C18H21NO3/c1-3-21-18(20)16-6-4-14(5-7-16)15-8-10-17(11-9-15)22-12-13(2)19/h4-11,13H,3,12,19H2,1-2H3. The van der Waals surface area contributed by atoms with Crippen LogP contribution in [0, 0.1) is 0 Å². The van der Waals surface area contributed by atoms with Crippen LogP contribution >= 0.6 is 0 Å². The minimum absolute atomic E-state index is 0.00935. The summed E-state index contributed by atoms with van der Waals surface area (Å²) in [6.45, 7) is 4.57. The zero-order chi connectivity index (χ0) is 15.9. The molecule has 0 bridgehead atoms. The van der Waals surface area contributed by atoms with Crippen molar-refractivity contribution in [3.05, 3.63) is 54.1 Å². The second-order valence-electron chi connectivity index (χ2n) is 5.11. The third-order valence-corrected chi connectivity index (χ3v) is 3.10. The van der Waals surface area contributed by atoms with Crippen LogP contribution in [-0.2, 0) is 4.74 Å². The van der Waals surface area contributed by atoms with Gasteiger partial charge in [-0.25, -0.2) is 4.79 Å². The Labute approximate surface area is 130 Å². The lowest BCUT2D eigenvalue weighted by molar-refractivity contribution is 0.0526. The number of esters is 1. The van der Waals surface area contributed by atoms with E-state index in [0.29, 0.717) is 18.8 Å². The van der Waals surface area contributed by atoms with Crippen molar-refractivity contribution < 1.29 is 14.3 Å². The predicted molar refractivity (Wildman–Crippen MR) is 87.0 cm³/mol. The van der Waals surface area contributed by atoms with Crippen LogP contribution in [0.1, 0.15) is 24.2 Å². The normalized spacial score (nSPS) is 11.8. The lowest BCUT2D eigenvalue weighted by Crippen LogP contribution is -2.23. The fourth-order valence-electron chi connectivity index (χ4n) is 1.98. The molecule has 0 amide bonds. The smallest absolute Gasteiger partial charge is 0.338 e. The van der Waals surface area contributed by atoms with Gasteiger partial charge in [0.2, 0.25) is 0 Å². The number of hydrogen-bond donors (Lipinski definition) is 1. The third kappa shape index (κ3) is 4.33. The highest BCUT2D eigenvalue weighted by Crippen LogP contribution is 2.23. The van der Waals surface area contributed by atoms with Crippen LogP contribution in [-0.4, -0.2) is 25.2 Å². The highest BCUT2D eigenvalue weighted by molar-refractivity contribution is 5.90. The summed E-state index contributed by atoms with van der Waals surface area (Å²) >= 11 is 0. The molecular formula is C18H21NO3. The van der Waals surface area contributed by atoms with Gasteiger partial charge in [0.1, 0.15) is 12.4 Å². The van der Waals surface area contributed by atoms with Gasteiger partial charge in [0, 0.05) is 6.04 Å². The highest BCUT2D eigenvalue weighted by atomic mass is 16.5. The molecule has 0 radical (unpaired) electrons. The largest absolute Gasteiger partial charge is 0.492 e. The number of benzene rings is 2. The Morgan fingerprint density at radius 1 is 1.05 bits per heavy atom. The van der Waals surface area contributed by atoms with Crippen molar-refractivity contribution in [1.29, 1.82) is 0 Å². The summed E-state index contributed by atoms with van der Waals surface area (Å²) in [7, 11) is 0. The van der Waals surface area contributed by atoms with Crippen molar-refractivity contribution in [2.45, 2.75) is 19.9 Å². The van der Waals surface area contributed by atoms with Crippen LogP contribution in [0.5, 0.6) is 5.75 Å². The van der Waals surface area contributed by atoms with Crippen LogP contribution in [0.15, 0.2) is 48.5 Å². The fourth-order valence-corrected chi connectivity index (χ4v) is 1.98. The van der Waals surface area contributed by atoms with Gasteiger partial charge in [-0.3, -0.25) is 0 Å². The van der Waals surface area contributed by atoms with Crippen LogP contribution in [0.4, 0.5) is 0 Å². The average Bonchev–Trinajstić information content (AvgIpc) is 2.54. The van der Waals surface area contributed by atoms with E-state index in [1.165, 1.54) is 0 Å². The van der Waals surface area contributed by atoms with Gasteiger partial charge in [0.05, 0.1) is 12.2 Å². The molecule has 1 atom stereocenters. The van der Waals surface area contributed by atoms with Crippen molar-refractivity contribution in [3.63, 3.8) is 0 Å². The first-order valence-electron chi connectivity index (χ1n) is 7.36. The molecule has 0 saturated heterocycles. The monoisotopic (exact) mass is 299 g/mol. The van der Waals surface area contributed by atoms with E-state index in [4.69, 9.17) is 15.2 Å². The van der Waals surface area contributed by atoms with Crippen molar-refractivity contribution in [1.82, 2.24) is 0 Å². The quantitative estimate of drug-likeness (QED) is 0.832. The molecule has 0 aliphatic rings. The van der Waals surface area contributed by atoms with Gasteiger partial charge in [-0.15, -0.1) is 0 Å². The Morgan fingerprint density at radius 2 is 1.59 bits per heavy atom. The SMILES string of the molecule is CCOC(=O)c1ccc(-c2ccc(OCC(C)N)cc2)cc1. The van der Waals surface area contributed by atoms with Crippen molar-refractivity contribution >= 4 is 5.97 Å². The van der Waals surface area contributed by atoms with E-state index < -0.39 is 0 Å². The second-order valence-corrected chi connectivity index (χ2v) is 5.11. The molecule has 0 aliphatic heterocycles. The summed E-state index contributed by atoms with van der Waals surface area (Å²) in [6.07, 6.45) is 0. The molecule has 22 heavy (non-hydrogen) atoms. The number of carbonyl (C=O) groups is 1. The van der Waals surface area contributed by atoms with E-state index in [0.717, 1.165) is 16.9 Å². The van der Waals surface area contributed by atoms with Gasteiger partial charge in [-0.2, -0.15) is 0 Å². The minimum Gasteiger partial charge on any atom is -0.492 e. The summed E-state index contributed by atoms with van der Waals surface area (Å²) in [5.41, 5.74) is 8.31. The van der Waals surface area contributed by atoms with Crippen molar-refractivity contribution in [2.24, 2.45) is 5.73 Å². The van der Waals surface area contributed by atoms with Crippen LogP contribution in [0.3, 0.4) is 0 Å². The summed E-state index contributed by atoms with van der Waals surface area (Å²) in [4.78, 5) is 11.6. The van der Waals surface area contributed by atoms with E-state index in [1.54, 1.807) is 19.1 Å². The average molecular weight is 299 g/mol. The molecule has 2 N–H and O–H groups in total. The van der Waals surface area contributed by atoms with Crippen LogP contribution in [0.2, 0.25) is 0 Å². The number of ether oxygens (including phenoxy) is 2. The van der Waals surface area contributed by atoms with Crippen molar-refractivity contribution in [3.8, 4) is 16.9 Å². The predicted octanol–water partition coefficient (Wildman–Crippen LogP) is 3.26. The first kappa shape index (κ1) is 16.0. The summed E-state index contributed by atoms with van der Waals surface area (Å²) in [5, 5.41) is 0. The molecule has 0 heterocycles. The maximum absolute atomic E-state index is 11.6. The Morgan fingerprint density at radius 3 is 2.09 bits per heavy atom. The first-order valence-corrected chi connectivity index (χ1v) is 7.36. The van der Waals surface area contributed by atoms with Crippen LogP contribution < -0.4 is 10.5 Å². The van der Waals surface area contributed by atoms with Gasteiger partial charge in [0.15, 0.2) is 0 Å². The molecule has 2 aromatic carbocycles. The number of carbonyl (C=O) groups excluding carboxylic acids is 1. The van der Waals surface area contributed by atoms with E-state index in [-0.39, 0.29) is 12.0 Å². The van der Waals surface area contributed by atoms with E-state index >= 15 is 0 Å². The number of nitrogens with two attached hydrogens (primary N) is 1. The fraction of sp³-hybridized carbons (Fsp3) is 0.278. The Hall–Kier alpha value is -2.33. The second kappa shape index (κ2) is 7.61. The molecule has 116 valence electrons.